The molecule has 7 rings (SSSR count). The molecule has 1 nitrogen and oxygen atoms in total. The second-order valence-electron chi connectivity index (χ2n) is 8.26. The maximum absolute atomic E-state index is 7.20. The summed E-state index contributed by atoms with van der Waals surface area (Å²) in [5.41, 5.74) is 5.55. The molecule has 2 unspecified atom stereocenters. The highest BCUT2D eigenvalue weighted by Gasteiger charge is 3.04. The summed E-state index contributed by atoms with van der Waals surface area (Å²) in [6, 6.07) is 30.8. The van der Waals surface area contributed by atoms with Crippen LogP contribution in [-0.2, 0) is 15.9 Å². The second kappa shape index (κ2) is 3.59. The first-order chi connectivity index (χ1) is 12.3. The molecule has 0 spiro atoms. The summed E-state index contributed by atoms with van der Waals surface area (Å²) in [6.45, 7) is 0. The van der Waals surface area contributed by atoms with E-state index in [2.05, 4.69) is 84.9 Å². The molecule has 3 aromatic rings. The van der Waals surface area contributed by atoms with Gasteiger partial charge in [0.05, 0.1) is 0 Å². The number of rotatable bonds is 2. The average Bonchev–Trinajstić information content (AvgIpc) is 3.48. The number of benzene rings is 3. The molecule has 2 bridgehead atoms. The quantitative estimate of drug-likeness (QED) is 0.645. The van der Waals surface area contributed by atoms with Gasteiger partial charge in [-0.05, 0) is 35.1 Å². The highest BCUT2D eigenvalue weighted by atomic mass is 16.5. The third kappa shape index (κ3) is 1.04. The van der Waals surface area contributed by atoms with Crippen LogP contribution in [-0.4, -0.2) is 0 Å². The average molecular weight is 322 g/mol. The van der Waals surface area contributed by atoms with Gasteiger partial charge in [0.1, 0.15) is 11.2 Å². The van der Waals surface area contributed by atoms with Gasteiger partial charge in [0, 0.05) is 10.8 Å². The van der Waals surface area contributed by atoms with Crippen LogP contribution in [0.5, 0.6) is 0 Å². The number of hydrogen-bond donors (Lipinski definition) is 0. The van der Waals surface area contributed by atoms with Crippen molar-refractivity contribution in [1.82, 2.24) is 0 Å². The van der Waals surface area contributed by atoms with Gasteiger partial charge in [-0.15, -0.1) is 0 Å². The maximum Gasteiger partial charge on any atom is 0.126 e. The Kier molecular flexibility index (Phi) is 1.85. The predicted octanol–water partition coefficient (Wildman–Crippen LogP) is 5.00. The third-order valence-corrected chi connectivity index (χ3v) is 7.57. The highest BCUT2D eigenvalue weighted by Crippen LogP contribution is 3.05. The summed E-state index contributed by atoms with van der Waals surface area (Å²) < 4.78 is 7.20. The largest absolute Gasteiger partial charge is 0.348 e. The Labute approximate surface area is 147 Å². The molecule has 1 heteroatoms. The molecule has 2 saturated carbocycles. The van der Waals surface area contributed by atoms with E-state index in [1.54, 1.807) is 0 Å². The van der Waals surface area contributed by atoms with Gasteiger partial charge >= 0.3 is 0 Å². The zero-order valence-corrected chi connectivity index (χ0v) is 13.9. The summed E-state index contributed by atoms with van der Waals surface area (Å²) in [5.74, 6) is 0. The molecule has 2 aliphatic heterocycles. The Bertz CT molecular complexity index is 949. The van der Waals surface area contributed by atoms with E-state index in [1.165, 1.54) is 35.1 Å². The predicted molar refractivity (Wildman–Crippen MR) is 96.1 cm³/mol. The minimum atomic E-state index is -0.263. The van der Waals surface area contributed by atoms with Crippen LogP contribution in [0.3, 0.4) is 0 Å². The Morgan fingerprint density at radius 1 is 0.520 bits per heavy atom. The van der Waals surface area contributed by atoms with E-state index < -0.39 is 0 Å². The Morgan fingerprint density at radius 3 is 1.36 bits per heavy atom. The van der Waals surface area contributed by atoms with E-state index in [4.69, 9.17) is 4.74 Å². The second-order valence-corrected chi connectivity index (χ2v) is 8.26. The third-order valence-electron chi connectivity index (χ3n) is 7.57. The summed E-state index contributed by atoms with van der Waals surface area (Å²) in [5, 5.41) is 0. The van der Waals surface area contributed by atoms with Crippen molar-refractivity contribution in [2.45, 2.75) is 24.0 Å². The van der Waals surface area contributed by atoms with Crippen LogP contribution in [0.25, 0.3) is 0 Å². The minimum absolute atomic E-state index is 0.263. The topological polar surface area (TPSA) is 9.23 Å². The summed E-state index contributed by atoms with van der Waals surface area (Å²) in [7, 11) is 0. The number of hydrogen-bond acceptors (Lipinski definition) is 1. The first-order valence-corrected chi connectivity index (χ1v) is 9.22. The molecule has 3 aromatic carbocycles. The van der Waals surface area contributed by atoms with E-state index in [0.717, 1.165) is 0 Å². The summed E-state index contributed by atoms with van der Waals surface area (Å²) in [6.07, 6.45) is 2.58. The summed E-state index contributed by atoms with van der Waals surface area (Å²) >= 11 is 0. The van der Waals surface area contributed by atoms with Crippen molar-refractivity contribution < 1.29 is 4.74 Å². The molecule has 2 atom stereocenters. The lowest BCUT2D eigenvalue weighted by molar-refractivity contribution is -0.120. The van der Waals surface area contributed by atoms with Crippen LogP contribution < -0.4 is 0 Å². The van der Waals surface area contributed by atoms with Gasteiger partial charge < -0.3 is 4.74 Å². The molecule has 0 radical (unpaired) electrons. The number of fused-ring (bicyclic) bond motifs is 5. The zero-order valence-electron chi connectivity index (χ0n) is 13.9. The molecule has 3 fully saturated rings. The van der Waals surface area contributed by atoms with Crippen LogP contribution in [0.4, 0.5) is 0 Å². The molecular formula is C24H18O. The fraction of sp³-hybridized carbons (Fsp3) is 0.250. The van der Waals surface area contributed by atoms with Crippen molar-refractivity contribution in [3.63, 3.8) is 0 Å². The van der Waals surface area contributed by atoms with Crippen LogP contribution in [0.2, 0.25) is 0 Å². The van der Waals surface area contributed by atoms with Crippen molar-refractivity contribution in [1.29, 1.82) is 0 Å². The molecule has 1 saturated heterocycles. The van der Waals surface area contributed by atoms with Gasteiger partial charge in [0.15, 0.2) is 0 Å². The molecule has 2 aliphatic carbocycles. The molecule has 2 heterocycles. The summed E-state index contributed by atoms with van der Waals surface area (Å²) in [4.78, 5) is 0. The van der Waals surface area contributed by atoms with Gasteiger partial charge in [0.25, 0.3) is 0 Å². The molecule has 0 amide bonds. The minimum Gasteiger partial charge on any atom is -0.348 e. The van der Waals surface area contributed by atoms with E-state index >= 15 is 0 Å². The zero-order chi connectivity index (χ0) is 16.3. The number of ether oxygens (including phenoxy) is 1. The van der Waals surface area contributed by atoms with Gasteiger partial charge in [0.2, 0.25) is 0 Å². The van der Waals surface area contributed by atoms with E-state index in [0.29, 0.717) is 10.8 Å². The molecule has 25 heavy (non-hydrogen) atoms. The van der Waals surface area contributed by atoms with E-state index in [1.807, 2.05) is 0 Å². The van der Waals surface area contributed by atoms with Crippen molar-refractivity contribution in [2.24, 2.45) is 10.8 Å². The van der Waals surface area contributed by atoms with Gasteiger partial charge in [-0.25, -0.2) is 0 Å². The Hall–Kier alpha value is -2.38. The van der Waals surface area contributed by atoms with Gasteiger partial charge in [-0.3, -0.25) is 0 Å². The highest BCUT2D eigenvalue weighted by molar-refractivity contribution is 5.70. The monoisotopic (exact) mass is 322 g/mol. The molecule has 120 valence electrons. The standard InChI is InChI=1S/C24H18O/c1-3-9-17(10-4-1)23-19-13-7-8-14-20(19)24(25-23,18-11-5-2-6-12-18)22-15-21(22,23)16-22/h1-14H,15-16H2. The van der Waals surface area contributed by atoms with Gasteiger partial charge in [-0.1, -0.05) is 84.9 Å². The molecular weight excluding hydrogens is 304 g/mol. The van der Waals surface area contributed by atoms with Crippen molar-refractivity contribution >= 4 is 0 Å². The van der Waals surface area contributed by atoms with Crippen molar-refractivity contribution in [3.8, 4) is 0 Å². The normalized spacial score (nSPS) is 41.0. The Balaban J connectivity index is 1.61. The first-order valence-electron chi connectivity index (χ1n) is 9.22. The SMILES string of the molecule is c1ccc(C23OC(c4ccccc4)(c4ccccc42)C24CC32C4)cc1. The smallest absolute Gasteiger partial charge is 0.126 e. The van der Waals surface area contributed by atoms with E-state index in [9.17, 15) is 0 Å². The van der Waals surface area contributed by atoms with Crippen LogP contribution in [0.15, 0.2) is 84.9 Å². The van der Waals surface area contributed by atoms with E-state index in [-0.39, 0.29) is 11.2 Å². The lowest BCUT2D eigenvalue weighted by Crippen LogP contribution is -2.37. The van der Waals surface area contributed by atoms with Crippen LogP contribution >= 0.6 is 0 Å². The van der Waals surface area contributed by atoms with Gasteiger partial charge in [-0.2, -0.15) is 0 Å². The van der Waals surface area contributed by atoms with Crippen LogP contribution in [0.1, 0.15) is 35.1 Å². The molecule has 4 aliphatic rings. The maximum atomic E-state index is 7.20. The van der Waals surface area contributed by atoms with Crippen molar-refractivity contribution in [2.75, 3.05) is 0 Å². The fourth-order valence-corrected chi connectivity index (χ4v) is 6.54. The fourth-order valence-electron chi connectivity index (χ4n) is 6.54. The molecule has 0 N–H and O–H groups in total. The Morgan fingerprint density at radius 2 is 0.920 bits per heavy atom. The van der Waals surface area contributed by atoms with Crippen LogP contribution in [0, 0.1) is 10.8 Å². The molecule has 0 aromatic heterocycles. The first kappa shape index (κ1) is 12.9. The van der Waals surface area contributed by atoms with Crippen molar-refractivity contribution in [3.05, 3.63) is 107 Å². The lowest BCUT2D eigenvalue weighted by Gasteiger charge is -2.38. The lowest BCUT2D eigenvalue weighted by atomic mass is 9.72.